The van der Waals surface area contributed by atoms with Crippen LogP contribution in [0.2, 0.25) is 0 Å². The smallest absolute Gasteiger partial charge is 0.256 e. The minimum absolute atomic E-state index is 0. The zero-order valence-corrected chi connectivity index (χ0v) is 14.9. The molecule has 5 nitrogen and oxygen atoms in total. The highest BCUT2D eigenvalue weighted by Crippen LogP contribution is 2.36. The van der Waals surface area contributed by atoms with Gasteiger partial charge in [0.2, 0.25) is 0 Å². The van der Waals surface area contributed by atoms with Crippen LogP contribution < -0.4 is 11.1 Å². The Hall–Kier alpha value is -2.03. The van der Waals surface area contributed by atoms with Crippen molar-refractivity contribution in [3.63, 3.8) is 0 Å². The Morgan fingerprint density at radius 2 is 2.00 bits per heavy atom. The number of carbonyl (C=O) groups excluding carboxylic acids is 2. The third-order valence-electron chi connectivity index (χ3n) is 3.90. The van der Waals surface area contributed by atoms with E-state index < -0.39 is 23.4 Å². The van der Waals surface area contributed by atoms with E-state index >= 15 is 0 Å². The molecule has 0 saturated carbocycles. The molecule has 0 spiro atoms. The Morgan fingerprint density at radius 1 is 1.28 bits per heavy atom. The maximum atomic E-state index is 13.3. The fourth-order valence-electron chi connectivity index (χ4n) is 2.69. The van der Waals surface area contributed by atoms with Gasteiger partial charge in [-0.25, -0.2) is 8.78 Å². The first-order chi connectivity index (χ1) is 11.4. The Labute approximate surface area is 153 Å². The molecule has 1 aromatic heterocycles. The molecule has 3 N–H and O–H groups in total. The standard InChI is InChI=1S/C16H15F2N3O2S.ClH/c1-21-5-4-9-12(7-21)24-16(13(9)14(19)22)20-15(23)8-2-3-10(17)11(18)6-8;/h2-3,6H,4-5,7H2,1H3,(H2,19,22)(H,20,23);1H. The topological polar surface area (TPSA) is 75.4 Å². The Bertz CT molecular complexity index is 841. The van der Waals surface area contributed by atoms with Gasteiger partial charge in [0.25, 0.3) is 11.8 Å². The van der Waals surface area contributed by atoms with Crippen molar-refractivity contribution in [1.82, 2.24) is 4.90 Å². The SMILES string of the molecule is CN1CCc2c(sc(NC(=O)c3ccc(F)c(F)c3)c2C(N)=O)C1.Cl. The minimum atomic E-state index is -1.11. The number of anilines is 1. The number of likely N-dealkylation sites (N-methyl/N-ethyl adjacent to an activating group) is 1. The fourth-order valence-corrected chi connectivity index (χ4v) is 4.02. The van der Waals surface area contributed by atoms with Gasteiger partial charge >= 0.3 is 0 Å². The molecule has 2 amide bonds. The van der Waals surface area contributed by atoms with Gasteiger partial charge in [-0.15, -0.1) is 23.7 Å². The zero-order valence-electron chi connectivity index (χ0n) is 13.3. The van der Waals surface area contributed by atoms with E-state index in [9.17, 15) is 18.4 Å². The number of nitrogens with zero attached hydrogens (tertiary/aromatic N) is 1. The number of carbonyl (C=O) groups is 2. The molecule has 1 aliphatic heterocycles. The molecule has 134 valence electrons. The summed E-state index contributed by atoms with van der Waals surface area (Å²) in [5.74, 6) is -3.37. The van der Waals surface area contributed by atoms with E-state index in [0.717, 1.165) is 29.1 Å². The normalized spacial score (nSPS) is 13.7. The third-order valence-corrected chi connectivity index (χ3v) is 5.04. The molecular weight excluding hydrogens is 372 g/mol. The van der Waals surface area contributed by atoms with Crippen LogP contribution in [-0.4, -0.2) is 30.3 Å². The molecule has 2 heterocycles. The second-order valence-corrected chi connectivity index (χ2v) is 6.75. The first kappa shape index (κ1) is 19.3. The van der Waals surface area contributed by atoms with Crippen LogP contribution in [0.5, 0.6) is 0 Å². The van der Waals surface area contributed by atoms with E-state index in [1.165, 1.54) is 17.4 Å². The van der Waals surface area contributed by atoms with Crippen LogP contribution in [0.25, 0.3) is 0 Å². The molecule has 0 radical (unpaired) electrons. The summed E-state index contributed by atoms with van der Waals surface area (Å²) >= 11 is 1.28. The van der Waals surface area contributed by atoms with Gasteiger partial charge in [0.05, 0.1) is 5.56 Å². The summed E-state index contributed by atoms with van der Waals surface area (Å²) in [6, 6.07) is 2.88. The molecule has 0 atom stereocenters. The number of rotatable bonds is 3. The average Bonchev–Trinajstić information content (AvgIpc) is 2.86. The molecule has 0 saturated heterocycles. The second-order valence-electron chi connectivity index (χ2n) is 5.64. The van der Waals surface area contributed by atoms with Gasteiger partial charge in [-0.2, -0.15) is 0 Å². The van der Waals surface area contributed by atoms with E-state index in [2.05, 4.69) is 10.2 Å². The average molecular weight is 388 g/mol. The van der Waals surface area contributed by atoms with E-state index in [1.54, 1.807) is 0 Å². The molecule has 3 rings (SSSR count). The van der Waals surface area contributed by atoms with Crippen LogP contribution in [0, 0.1) is 11.6 Å². The highest BCUT2D eigenvalue weighted by atomic mass is 35.5. The van der Waals surface area contributed by atoms with Gasteiger partial charge in [0.1, 0.15) is 5.00 Å². The van der Waals surface area contributed by atoms with Crippen molar-refractivity contribution in [3.05, 3.63) is 51.4 Å². The van der Waals surface area contributed by atoms with Crippen LogP contribution in [0.3, 0.4) is 0 Å². The lowest BCUT2D eigenvalue weighted by Gasteiger charge is -2.22. The molecule has 1 aliphatic rings. The summed E-state index contributed by atoms with van der Waals surface area (Å²) in [7, 11) is 1.96. The third kappa shape index (κ3) is 3.81. The van der Waals surface area contributed by atoms with Gasteiger partial charge in [0.15, 0.2) is 11.6 Å². The van der Waals surface area contributed by atoms with Gasteiger partial charge < -0.3 is 16.0 Å². The van der Waals surface area contributed by atoms with Crippen LogP contribution in [0.1, 0.15) is 31.2 Å². The number of hydrogen-bond acceptors (Lipinski definition) is 4. The fraction of sp³-hybridized carbons (Fsp3) is 0.250. The van der Waals surface area contributed by atoms with Crippen molar-refractivity contribution in [3.8, 4) is 0 Å². The maximum absolute atomic E-state index is 13.3. The Kier molecular flexibility index (Phi) is 5.76. The molecule has 1 aromatic carbocycles. The Morgan fingerprint density at radius 3 is 2.64 bits per heavy atom. The van der Waals surface area contributed by atoms with Gasteiger partial charge in [-0.3, -0.25) is 9.59 Å². The minimum Gasteiger partial charge on any atom is -0.365 e. The van der Waals surface area contributed by atoms with Gasteiger partial charge in [-0.05, 0) is 37.2 Å². The number of thiophene rings is 1. The second kappa shape index (κ2) is 7.47. The van der Waals surface area contributed by atoms with E-state index in [4.69, 9.17) is 5.73 Å². The van der Waals surface area contributed by atoms with Crippen LogP contribution in [0.15, 0.2) is 18.2 Å². The molecule has 9 heteroatoms. The number of amides is 2. The molecule has 25 heavy (non-hydrogen) atoms. The highest BCUT2D eigenvalue weighted by Gasteiger charge is 2.26. The predicted octanol–water partition coefficient (Wildman–Crippen LogP) is 2.79. The molecule has 2 aromatic rings. The number of fused-ring (bicyclic) bond motifs is 1. The highest BCUT2D eigenvalue weighted by molar-refractivity contribution is 7.17. The lowest BCUT2D eigenvalue weighted by atomic mass is 10.0. The van der Waals surface area contributed by atoms with Crippen LogP contribution >= 0.6 is 23.7 Å². The van der Waals surface area contributed by atoms with Crippen molar-refractivity contribution in [2.24, 2.45) is 5.73 Å². The monoisotopic (exact) mass is 387 g/mol. The van der Waals surface area contributed by atoms with Crippen LogP contribution in [0.4, 0.5) is 13.8 Å². The van der Waals surface area contributed by atoms with Gasteiger partial charge in [0, 0.05) is 23.5 Å². The summed E-state index contributed by atoms with van der Waals surface area (Å²) in [6.45, 7) is 1.46. The van der Waals surface area contributed by atoms with Crippen molar-refractivity contribution < 1.29 is 18.4 Å². The summed E-state index contributed by atoms with van der Waals surface area (Å²) in [5, 5.41) is 2.94. The van der Waals surface area contributed by atoms with Crippen molar-refractivity contribution in [1.29, 1.82) is 0 Å². The van der Waals surface area contributed by atoms with E-state index in [0.29, 0.717) is 23.5 Å². The Balaban J connectivity index is 0.00000225. The lowest BCUT2D eigenvalue weighted by molar-refractivity contribution is 0.1000. The summed E-state index contributed by atoms with van der Waals surface area (Å²) < 4.78 is 26.3. The molecule has 0 aliphatic carbocycles. The molecule has 0 bridgehead atoms. The number of halogens is 3. The summed E-state index contributed by atoms with van der Waals surface area (Å²) in [5.41, 5.74) is 6.59. The maximum Gasteiger partial charge on any atom is 0.256 e. The molecular formula is C16H16ClF2N3O2S. The largest absolute Gasteiger partial charge is 0.365 e. The molecule has 0 fully saturated rings. The molecule has 0 unspecified atom stereocenters. The summed E-state index contributed by atoms with van der Waals surface area (Å²) in [6.07, 6.45) is 0.668. The van der Waals surface area contributed by atoms with E-state index in [1.807, 2.05) is 7.05 Å². The van der Waals surface area contributed by atoms with Crippen molar-refractivity contribution >= 4 is 40.6 Å². The lowest BCUT2D eigenvalue weighted by Crippen LogP contribution is -2.27. The number of nitrogens with one attached hydrogen (secondary N) is 1. The van der Waals surface area contributed by atoms with Crippen LogP contribution in [-0.2, 0) is 13.0 Å². The number of hydrogen-bond donors (Lipinski definition) is 2. The first-order valence-corrected chi connectivity index (χ1v) is 8.07. The summed E-state index contributed by atoms with van der Waals surface area (Å²) in [4.78, 5) is 27.2. The quantitative estimate of drug-likeness (QED) is 0.850. The van der Waals surface area contributed by atoms with Crippen molar-refractivity contribution in [2.75, 3.05) is 18.9 Å². The van der Waals surface area contributed by atoms with Crippen molar-refractivity contribution in [2.45, 2.75) is 13.0 Å². The predicted molar refractivity (Wildman–Crippen MR) is 94.4 cm³/mol. The van der Waals surface area contributed by atoms with E-state index in [-0.39, 0.29) is 18.0 Å². The number of nitrogens with two attached hydrogens (primary N) is 1. The first-order valence-electron chi connectivity index (χ1n) is 7.26. The zero-order chi connectivity index (χ0) is 17.4. The number of benzene rings is 1. The number of primary amides is 1. The van der Waals surface area contributed by atoms with Gasteiger partial charge in [-0.1, -0.05) is 0 Å².